The van der Waals surface area contributed by atoms with Crippen LogP contribution in [-0.2, 0) is 6.54 Å². The van der Waals surface area contributed by atoms with E-state index >= 15 is 0 Å². The summed E-state index contributed by atoms with van der Waals surface area (Å²) in [5, 5.41) is 22.2. The number of benzene rings is 2. The van der Waals surface area contributed by atoms with E-state index in [9.17, 15) is 10.4 Å². The molecule has 2 aromatic carbocycles. The van der Waals surface area contributed by atoms with Gasteiger partial charge >= 0.3 is 0 Å². The smallest absolute Gasteiger partial charge is 0.175 e. The standard InChI is InChI=1S/C20H24N4O2/c25-22-19(17-9-5-2-6-10-17)20(23-26)21-18-11-13-24(14-12-18)15-16-7-3-1-4-8-16/h1-10,18,25-26H,11-15H2,(H,21,23)/b22-19+. The van der Waals surface area contributed by atoms with Crippen LogP contribution in [0.25, 0.3) is 0 Å². The number of likely N-dealkylation sites (tertiary alicyclic amines) is 1. The Bertz CT molecular complexity index is 739. The molecule has 1 fully saturated rings. The molecule has 0 spiro atoms. The van der Waals surface area contributed by atoms with Gasteiger partial charge in [-0.05, 0) is 18.4 Å². The van der Waals surface area contributed by atoms with E-state index in [1.54, 1.807) is 0 Å². The maximum Gasteiger partial charge on any atom is 0.175 e. The van der Waals surface area contributed by atoms with E-state index in [1.165, 1.54) is 5.56 Å². The molecule has 3 rings (SSSR count). The Labute approximate surface area is 153 Å². The molecule has 6 nitrogen and oxygen atoms in total. The molecule has 0 radical (unpaired) electrons. The summed E-state index contributed by atoms with van der Waals surface area (Å²) >= 11 is 0. The maximum absolute atomic E-state index is 9.48. The van der Waals surface area contributed by atoms with E-state index in [4.69, 9.17) is 0 Å². The number of amidine groups is 1. The van der Waals surface area contributed by atoms with E-state index in [0.29, 0.717) is 5.56 Å². The molecule has 0 aromatic heterocycles. The van der Waals surface area contributed by atoms with Gasteiger partial charge in [-0.3, -0.25) is 20.6 Å². The lowest BCUT2D eigenvalue weighted by Crippen LogP contribution is -2.37. The SMILES string of the molecule is O/N=C(/C(=NC1CCN(Cc2ccccc2)CC1)NO)c1ccccc1. The summed E-state index contributed by atoms with van der Waals surface area (Å²) in [4.78, 5) is 6.99. The molecule has 0 atom stereocenters. The van der Waals surface area contributed by atoms with Crippen molar-refractivity contribution in [1.29, 1.82) is 0 Å². The highest BCUT2D eigenvalue weighted by atomic mass is 16.5. The van der Waals surface area contributed by atoms with Gasteiger partial charge in [0.2, 0.25) is 0 Å². The van der Waals surface area contributed by atoms with Crippen molar-refractivity contribution >= 4 is 11.5 Å². The Morgan fingerprint density at radius 2 is 1.62 bits per heavy atom. The van der Waals surface area contributed by atoms with Gasteiger partial charge in [-0.15, -0.1) is 0 Å². The van der Waals surface area contributed by atoms with Crippen molar-refractivity contribution in [1.82, 2.24) is 10.4 Å². The zero-order valence-electron chi connectivity index (χ0n) is 14.6. The molecule has 1 heterocycles. The highest BCUT2D eigenvalue weighted by molar-refractivity contribution is 6.47. The lowest BCUT2D eigenvalue weighted by Gasteiger charge is -2.30. The Morgan fingerprint density at radius 3 is 2.19 bits per heavy atom. The molecular formula is C20H24N4O2. The minimum atomic E-state index is 0.0807. The summed E-state index contributed by atoms with van der Waals surface area (Å²) in [6.45, 7) is 2.83. The van der Waals surface area contributed by atoms with Gasteiger partial charge in [0.1, 0.15) is 0 Å². The van der Waals surface area contributed by atoms with Gasteiger partial charge in [-0.25, -0.2) is 0 Å². The molecule has 1 aliphatic heterocycles. The van der Waals surface area contributed by atoms with Gasteiger partial charge in [0.25, 0.3) is 0 Å². The van der Waals surface area contributed by atoms with Crippen molar-refractivity contribution in [3.8, 4) is 0 Å². The number of rotatable bonds is 5. The average molecular weight is 352 g/mol. The second kappa shape index (κ2) is 9.12. The molecule has 0 amide bonds. The molecule has 26 heavy (non-hydrogen) atoms. The second-order valence-corrected chi connectivity index (χ2v) is 6.40. The van der Waals surface area contributed by atoms with E-state index < -0.39 is 0 Å². The van der Waals surface area contributed by atoms with E-state index in [0.717, 1.165) is 32.5 Å². The van der Waals surface area contributed by atoms with Crippen LogP contribution in [0.5, 0.6) is 0 Å². The van der Waals surface area contributed by atoms with Crippen LogP contribution in [0.4, 0.5) is 0 Å². The Kier molecular flexibility index (Phi) is 6.35. The van der Waals surface area contributed by atoms with Gasteiger partial charge < -0.3 is 5.21 Å². The zero-order chi connectivity index (χ0) is 18.2. The third-order valence-corrected chi connectivity index (χ3v) is 4.60. The van der Waals surface area contributed by atoms with Crippen LogP contribution in [0.1, 0.15) is 24.0 Å². The zero-order valence-corrected chi connectivity index (χ0v) is 14.6. The third-order valence-electron chi connectivity index (χ3n) is 4.60. The summed E-state index contributed by atoms with van der Waals surface area (Å²) in [5.41, 5.74) is 4.33. The Balaban J connectivity index is 1.62. The fourth-order valence-corrected chi connectivity index (χ4v) is 3.21. The average Bonchev–Trinajstić information content (AvgIpc) is 2.71. The predicted octanol–water partition coefficient (Wildman–Crippen LogP) is 2.91. The highest BCUT2D eigenvalue weighted by Gasteiger charge is 2.21. The number of oxime groups is 1. The summed E-state index contributed by atoms with van der Waals surface area (Å²) in [6, 6.07) is 19.7. The van der Waals surface area contributed by atoms with Crippen LogP contribution in [0.2, 0.25) is 0 Å². The molecule has 0 saturated carbocycles. The van der Waals surface area contributed by atoms with Crippen molar-refractivity contribution in [2.45, 2.75) is 25.4 Å². The molecule has 0 bridgehead atoms. The van der Waals surface area contributed by atoms with Crippen molar-refractivity contribution in [3.63, 3.8) is 0 Å². The van der Waals surface area contributed by atoms with E-state index in [1.807, 2.05) is 36.4 Å². The summed E-state index contributed by atoms with van der Waals surface area (Å²) < 4.78 is 0. The van der Waals surface area contributed by atoms with Gasteiger partial charge in [-0.2, -0.15) is 0 Å². The quantitative estimate of drug-likeness (QED) is 0.334. The molecule has 136 valence electrons. The van der Waals surface area contributed by atoms with Crippen LogP contribution in [0.15, 0.2) is 70.8 Å². The molecule has 0 aliphatic carbocycles. The number of aliphatic imine (C=N–C) groups is 1. The third kappa shape index (κ3) is 4.68. The summed E-state index contributed by atoms with van der Waals surface area (Å²) in [6.07, 6.45) is 1.79. The fraction of sp³-hybridized carbons (Fsp3) is 0.300. The fourth-order valence-electron chi connectivity index (χ4n) is 3.21. The maximum atomic E-state index is 9.48. The van der Waals surface area contributed by atoms with Crippen molar-refractivity contribution in [2.24, 2.45) is 10.1 Å². The molecular weight excluding hydrogens is 328 g/mol. The predicted molar refractivity (Wildman–Crippen MR) is 102 cm³/mol. The van der Waals surface area contributed by atoms with Crippen LogP contribution < -0.4 is 5.48 Å². The van der Waals surface area contributed by atoms with Crippen LogP contribution in [0.3, 0.4) is 0 Å². The van der Waals surface area contributed by atoms with Gasteiger partial charge in [-0.1, -0.05) is 65.8 Å². The number of piperidine rings is 1. The number of nitrogens with zero attached hydrogens (tertiary/aromatic N) is 3. The van der Waals surface area contributed by atoms with Crippen LogP contribution >= 0.6 is 0 Å². The molecule has 1 aliphatic rings. The van der Waals surface area contributed by atoms with Gasteiger partial charge in [0.15, 0.2) is 11.5 Å². The molecule has 0 unspecified atom stereocenters. The lowest BCUT2D eigenvalue weighted by molar-refractivity contribution is 0.203. The molecule has 1 saturated heterocycles. The Morgan fingerprint density at radius 1 is 1.00 bits per heavy atom. The molecule has 6 heteroatoms. The van der Waals surface area contributed by atoms with Gasteiger partial charge in [0.05, 0.1) is 6.04 Å². The highest BCUT2D eigenvalue weighted by Crippen LogP contribution is 2.17. The first-order chi connectivity index (χ1) is 12.8. The number of nitrogens with one attached hydrogen (secondary N) is 1. The van der Waals surface area contributed by atoms with E-state index in [-0.39, 0.29) is 17.6 Å². The number of hydrogen-bond donors (Lipinski definition) is 3. The molecule has 2 aromatic rings. The largest absolute Gasteiger partial charge is 0.410 e. The topological polar surface area (TPSA) is 80.5 Å². The molecule has 3 N–H and O–H groups in total. The lowest BCUT2D eigenvalue weighted by atomic mass is 10.0. The number of hydrogen-bond acceptors (Lipinski definition) is 5. The first-order valence-electron chi connectivity index (χ1n) is 8.82. The normalized spacial score (nSPS) is 17.3. The van der Waals surface area contributed by atoms with Crippen molar-refractivity contribution < 1.29 is 10.4 Å². The number of hydroxylamine groups is 1. The van der Waals surface area contributed by atoms with Crippen molar-refractivity contribution in [2.75, 3.05) is 13.1 Å². The Hall–Kier alpha value is -2.70. The van der Waals surface area contributed by atoms with Crippen LogP contribution in [0, 0.1) is 0 Å². The van der Waals surface area contributed by atoms with E-state index in [2.05, 4.69) is 44.8 Å². The monoisotopic (exact) mass is 352 g/mol. The van der Waals surface area contributed by atoms with Gasteiger partial charge in [0, 0.05) is 25.2 Å². The summed E-state index contributed by atoms with van der Waals surface area (Å²) in [7, 11) is 0. The van der Waals surface area contributed by atoms with Crippen molar-refractivity contribution in [3.05, 3.63) is 71.8 Å². The second-order valence-electron chi connectivity index (χ2n) is 6.40. The summed E-state index contributed by atoms with van der Waals surface area (Å²) in [5.74, 6) is 0.195. The minimum Gasteiger partial charge on any atom is -0.410 e. The first-order valence-corrected chi connectivity index (χ1v) is 8.82. The first kappa shape index (κ1) is 18.1. The van der Waals surface area contributed by atoms with Crippen LogP contribution in [-0.4, -0.2) is 46.0 Å². The minimum absolute atomic E-state index is 0.0807.